The van der Waals surface area contributed by atoms with Crippen LogP contribution in [-0.4, -0.2) is 22.6 Å². The molecule has 5 nitrogen and oxygen atoms in total. The molecular formula is C15H12ClN3O2S. The van der Waals surface area contributed by atoms with Crippen LogP contribution in [0.4, 0.5) is 0 Å². The standard InChI is InChI=1S/C15H12ClN3O2S/c16-11-4-1-3-10(9-11)14-18-13(21-19-14)6-7-17-15(20)12-5-2-8-22-12/h1-5,8-9H,6-7H2,(H,17,20). The molecule has 2 aromatic heterocycles. The van der Waals surface area contributed by atoms with E-state index in [-0.39, 0.29) is 5.91 Å². The third-order valence-corrected chi connectivity index (χ3v) is 4.02. The molecule has 0 saturated carbocycles. The van der Waals surface area contributed by atoms with Gasteiger partial charge in [0.15, 0.2) is 0 Å². The molecule has 112 valence electrons. The lowest BCUT2D eigenvalue weighted by Gasteiger charge is -2.00. The molecule has 7 heteroatoms. The number of benzene rings is 1. The molecule has 0 saturated heterocycles. The third-order valence-electron chi connectivity index (χ3n) is 2.92. The fraction of sp³-hybridized carbons (Fsp3) is 0.133. The van der Waals surface area contributed by atoms with Crippen molar-refractivity contribution in [3.05, 3.63) is 57.6 Å². The second-order valence-corrected chi connectivity index (χ2v) is 5.89. The quantitative estimate of drug-likeness (QED) is 0.776. The van der Waals surface area contributed by atoms with Gasteiger partial charge in [0, 0.05) is 23.6 Å². The van der Waals surface area contributed by atoms with Gasteiger partial charge in [-0.1, -0.05) is 35.0 Å². The monoisotopic (exact) mass is 333 g/mol. The van der Waals surface area contributed by atoms with E-state index < -0.39 is 0 Å². The Balaban J connectivity index is 1.57. The van der Waals surface area contributed by atoms with Gasteiger partial charge < -0.3 is 9.84 Å². The Hall–Kier alpha value is -2.18. The minimum Gasteiger partial charge on any atom is -0.351 e. The van der Waals surface area contributed by atoms with E-state index in [1.165, 1.54) is 11.3 Å². The number of hydrogen-bond donors (Lipinski definition) is 1. The minimum absolute atomic E-state index is 0.0930. The van der Waals surface area contributed by atoms with Crippen LogP contribution in [-0.2, 0) is 6.42 Å². The Morgan fingerprint density at radius 2 is 2.23 bits per heavy atom. The first-order chi connectivity index (χ1) is 10.7. The van der Waals surface area contributed by atoms with Gasteiger partial charge >= 0.3 is 0 Å². The van der Waals surface area contributed by atoms with E-state index in [4.69, 9.17) is 16.1 Å². The number of halogens is 1. The van der Waals surface area contributed by atoms with Gasteiger partial charge in [-0.15, -0.1) is 11.3 Å². The van der Waals surface area contributed by atoms with Crippen molar-refractivity contribution in [2.24, 2.45) is 0 Å². The van der Waals surface area contributed by atoms with Gasteiger partial charge in [0.1, 0.15) is 0 Å². The van der Waals surface area contributed by atoms with Gasteiger partial charge in [-0.3, -0.25) is 4.79 Å². The Bertz CT molecular complexity index is 771. The lowest BCUT2D eigenvalue weighted by atomic mass is 10.2. The molecule has 0 radical (unpaired) electrons. The number of carbonyl (C=O) groups is 1. The van der Waals surface area contributed by atoms with Gasteiger partial charge in [0.25, 0.3) is 5.91 Å². The fourth-order valence-electron chi connectivity index (χ4n) is 1.88. The number of aromatic nitrogens is 2. The first kappa shape index (κ1) is 14.7. The molecule has 0 unspecified atom stereocenters. The van der Waals surface area contributed by atoms with Crippen LogP contribution in [0.25, 0.3) is 11.4 Å². The van der Waals surface area contributed by atoms with E-state index in [1.54, 1.807) is 18.2 Å². The predicted molar refractivity (Wildman–Crippen MR) is 85.1 cm³/mol. The summed E-state index contributed by atoms with van der Waals surface area (Å²) in [6, 6.07) is 10.9. The number of amides is 1. The maximum atomic E-state index is 11.8. The zero-order chi connectivity index (χ0) is 15.4. The molecule has 0 bridgehead atoms. The molecule has 0 aliphatic rings. The molecule has 22 heavy (non-hydrogen) atoms. The topological polar surface area (TPSA) is 68.0 Å². The summed E-state index contributed by atoms with van der Waals surface area (Å²) in [7, 11) is 0. The number of thiophene rings is 1. The van der Waals surface area contributed by atoms with E-state index in [0.717, 1.165) is 5.56 Å². The highest BCUT2D eigenvalue weighted by atomic mass is 35.5. The molecule has 0 atom stereocenters. The van der Waals surface area contributed by atoms with Gasteiger partial charge in [-0.05, 0) is 23.6 Å². The Morgan fingerprint density at radius 1 is 1.32 bits per heavy atom. The second kappa shape index (κ2) is 6.72. The number of hydrogen-bond acceptors (Lipinski definition) is 5. The second-order valence-electron chi connectivity index (χ2n) is 4.51. The summed E-state index contributed by atoms with van der Waals surface area (Å²) in [5, 5.41) is 9.22. The van der Waals surface area contributed by atoms with Crippen LogP contribution >= 0.6 is 22.9 Å². The summed E-state index contributed by atoms with van der Waals surface area (Å²) in [6.45, 7) is 0.438. The highest BCUT2D eigenvalue weighted by Gasteiger charge is 2.10. The predicted octanol–water partition coefficient (Wildman–Crippen LogP) is 3.42. The van der Waals surface area contributed by atoms with E-state index in [2.05, 4.69) is 15.5 Å². The molecule has 0 aliphatic carbocycles. The van der Waals surface area contributed by atoms with Crippen LogP contribution in [0.5, 0.6) is 0 Å². The maximum absolute atomic E-state index is 11.8. The van der Waals surface area contributed by atoms with Crippen molar-refractivity contribution >= 4 is 28.8 Å². The highest BCUT2D eigenvalue weighted by Crippen LogP contribution is 2.19. The van der Waals surface area contributed by atoms with Gasteiger partial charge in [-0.2, -0.15) is 4.98 Å². The van der Waals surface area contributed by atoms with Crippen molar-refractivity contribution in [3.63, 3.8) is 0 Å². The molecule has 1 amide bonds. The van der Waals surface area contributed by atoms with Crippen LogP contribution in [0, 0.1) is 0 Å². The molecular weight excluding hydrogens is 322 g/mol. The Labute approximate surface area is 135 Å². The summed E-state index contributed by atoms with van der Waals surface area (Å²) < 4.78 is 5.18. The van der Waals surface area contributed by atoms with Crippen molar-refractivity contribution in [1.29, 1.82) is 0 Å². The molecule has 3 rings (SSSR count). The van der Waals surface area contributed by atoms with E-state index >= 15 is 0 Å². The molecule has 1 N–H and O–H groups in total. The fourth-order valence-corrected chi connectivity index (χ4v) is 2.71. The van der Waals surface area contributed by atoms with E-state index in [0.29, 0.717) is 34.6 Å². The zero-order valence-electron chi connectivity index (χ0n) is 11.5. The number of nitrogens with one attached hydrogen (secondary N) is 1. The molecule has 0 spiro atoms. The van der Waals surface area contributed by atoms with E-state index in [1.807, 2.05) is 23.6 Å². The number of rotatable bonds is 5. The number of nitrogens with zero attached hydrogens (tertiary/aromatic N) is 2. The average Bonchev–Trinajstić information content (AvgIpc) is 3.19. The molecule has 2 heterocycles. The van der Waals surface area contributed by atoms with Gasteiger partial charge in [0.05, 0.1) is 4.88 Å². The Morgan fingerprint density at radius 3 is 3.00 bits per heavy atom. The minimum atomic E-state index is -0.0930. The lowest BCUT2D eigenvalue weighted by Crippen LogP contribution is -2.24. The summed E-state index contributed by atoms with van der Waals surface area (Å²) in [5.74, 6) is 0.869. The molecule has 1 aromatic carbocycles. The smallest absolute Gasteiger partial charge is 0.261 e. The van der Waals surface area contributed by atoms with Crippen molar-refractivity contribution in [2.75, 3.05) is 6.54 Å². The zero-order valence-corrected chi connectivity index (χ0v) is 13.0. The summed E-state index contributed by atoms with van der Waals surface area (Å²) in [6.07, 6.45) is 0.477. The first-order valence-corrected chi connectivity index (χ1v) is 7.88. The summed E-state index contributed by atoms with van der Waals surface area (Å²) >= 11 is 7.34. The SMILES string of the molecule is O=C(NCCc1nc(-c2cccc(Cl)c2)no1)c1cccs1. The van der Waals surface area contributed by atoms with Crippen LogP contribution < -0.4 is 5.32 Å². The van der Waals surface area contributed by atoms with Gasteiger partial charge in [0.2, 0.25) is 11.7 Å². The lowest BCUT2D eigenvalue weighted by molar-refractivity contribution is 0.0957. The normalized spacial score (nSPS) is 10.6. The Kier molecular flexibility index (Phi) is 4.50. The van der Waals surface area contributed by atoms with Crippen molar-refractivity contribution < 1.29 is 9.32 Å². The van der Waals surface area contributed by atoms with Crippen molar-refractivity contribution in [1.82, 2.24) is 15.5 Å². The summed E-state index contributed by atoms with van der Waals surface area (Å²) in [5.41, 5.74) is 0.796. The first-order valence-electron chi connectivity index (χ1n) is 6.62. The van der Waals surface area contributed by atoms with Crippen LogP contribution in [0.2, 0.25) is 5.02 Å². The van der Waals surface area contributed by atoms with Crippen LogP contribution in [0.3, 0.4) is 0 Å². The summed E-state index contributed by atoms with van der Waals surface area (Å²) in [4.78, 5) is 16.8. The van der Waals surface area contributed by atoms with Crippen LogP contribution in [0.1, 0.15) is 15.6 Å². The molecule has 3 aromatic rings. The third kappa shape index (κ3) is 3.52. The average molecular weight is 334 g/mol. The molecule has 0 aliphatic heterocycles. The number of carbonyl (C=O) groups excluding carboxylic acids is 1. The highest BCUT2D eigenvalue weighted by molar-refractivity contribution is 7.12. The van der Waals surface area contributed by atoms with E-state index in [9.17, 15) is 4.79 Å². The molecule has 0 fully saturated rings. The maximum Gasteiger partial charge on any atom is 0.261 e. The van der Waals surface area contributed by atoms with Crippen molar-refractivity contribution in [3.8, 4) is 11.4 Å². The van der Waals surface area contributed by atoms with Crippen LogP contribution in [0.15, 0.2) is 46.3 Å². The van der Waals surface area contributed by atoms with Crippen molar-refractivity contribution in [2.45, 2.75) is 6.42 Å². The van der Waals surface area contributed by atoms with Gasteiger partial charge in [-0.25, -0.2) is 0 Å². The largest absolute Gasteiger partial charge is 0.351 e.